The van der Waals surface area contributed by atoms with Crippen LogP contribution in [0.3, 0.4) is 0 Å². The van der Waals surface area contributed by atoms with Crippen LogP contribution >= 0.6 is 11.3 Å². The summed E-state index contributed by atoms with van der Waals surface area (Å²) in [4.78, 5) is 20.0. The smallest absolute Gasteiger partial charge is 0.227 e. The van der Waals surface area contributed by atoms with Crippen molar-refractivity contribution < 1.29 is 4.42 Å². The fraction of sp³-hybridized carbons (Fsp3) is 0. The molecule has 0 fully saturated rings. The molecule has 0 saturated carbocycles. The Kier molecular flexibility index (Phi) is 6.60. The number of fused-ring (bicyclic) bond motifs is 5. The Labute approximate surface area is 291 Å². The van der Waals surface area contributed by atoms with Gasteiger partial charge in [0.15, 0.2) is 23.1 Å². The minimum atomic E-state index is 0.630. The lowest BCUT2D eigenvalue weighted by Gasteiger charge is -2.12. The highest BCUT2D eigenvalue weighted by atomic mass is 32.1. The third-order valence-corrected chi connectivity index (χ3v) is 10.2. The van der Waals surface area contributed by atoms with Crippen LogP contribution in [0.25, 0.3) is 98.8 Å². The first-order valence-electron chi connectivity index (χ1n) is 16.5. The van der Waals surface area contributed by atoms with Crippen molar-refractivity contribution in [2.75, 3.05) is 0 Å². The van der Waals surface area contributed by atoms with E-state index in [0.29, 0.717) is 23.4 Å². The second-order valence-electron chi connectivity index (χ2n) is 12.3. The molecule has 0 amide bonds. The molecule has 0 N–H and O–H groups in total. The number of nitrogens with zero attached hydrogens (tertiary/aromatic N) is 4. The molecule has 3 heterocycles. The molecule has 0 atom stereocenters. The summed E-state index contributed by atoms with van der Waals surface area (Å²) in [5.74, 6) is 2.53. The van der Waals surface area contributed by atoms with Crippen molar-refractivity contribution in [3.8, 4) is 56.7 Å². The second-order valence-corrected chi connectivity index (χ2v) is 13.4. The van der Waals surface area contributed by atoms with Crippen molar-refractivity contribution in [1.29, 1.82) is 0 Å². The number of hydrogen-bond donors (Lipinski definition) is 0. The van der Waals surface area contributed by atoms with E-state index in [9.17, 15) is 0 Å². The number of oxazole rings is 1. The highest BCUT2D eigenvalue weighted by Crippen LogP contribution is 2.40. The monoisotopic (exact) mass is 658 g/mol. The van der Waals surface area contributed by atoms with Crippen LogP contribution < -0.4 is 0 Å². The Hall–Kier alpha value is -6.50. The molecule has 0 spiro atoms. The lowest BCUT2D eigenvalue weighted by Crippen LogP contribution is -2.00. The third-order valence-electron chi connectivity index (χ3n) is 9.13. The summed E-state index contributed by atoms with van der Waals surface area (Å²) in [6.45, 7) is 0. The normalized spacial score (nSPS) is 11.6. The molecule has 50 heavy (non-hydrogen) atoms. The average Bonchev–Trinajstić information content (AvgIpc) is 3.77. The second kappa shape index (κ2) is 11.6. The zero-order valence-corrected chi connectivity index (χ0v) is 27.4. The number of aromatic nitrogens is 4. The summed E-state index contributed by atoms with van der Waals surface area (Å²) in [6, 6.07) is 54.2. The van der Waals surface area contributed by atoms with E-state index in [1.807, 2.05) is 66.7 Å². The van der Waals surface area contributed by atoms with E-state index >= 15 is 0 Å². The van der Waals surface area contributed by atoms with Crippen LogP contribution in [-0.2, 0) is 0 Å². The first-order chi connectivity index (χ1) is 24.7. The van der Waals surface area contributed by atoms with Gasteiger partial charge >= 0.3 is 0 Å². The molecular weight excluding hydrogens is 633 g/mol. The standard InChI is InChI=1S/C44H26N4OS/c1-4-12-27(13-5-1)35-23-32(22-30-18-10-11-19-33(30)35)43-47-41(28-14-6-2-7-15-28)46-42(48-43)31-20-21-34-36-25-38-37(26-40(36)50-39(34)24-31)45-44(49-38)29-16-8-3-9-17-29/h1-26H. The quantitative estimate of drug-likeness (QED) is 0.184. The fourth-order valence-corrected chi connectivity index (χ4v) is 7.85. The van der Waals surface area contributed by atoms with Crippen LogP contribution in [0.2, 0.25) is 0 Å². The molecule has 0 bridgehead atoms. The van der Waals surface area contributed by atoms with Crippen molar-refractivity contribution in [1.82, 2.24) is 19.9 Å². The van der Waals surface area contributed by atoms with Gasteiger partial charge in [0, 0.05) is 42.4 Å². The van der Waals surface area contributed by atoms with Gasteiger partial charge in [-0.05, 0) is 64.4 Å². The Morgan fingerprint density at radius 2 is 1.02 bits per heavy atom. The largest absolute Gasteiger partial charge is 0.436 e. The molecule has 0 aliphatic carbocycles. The summed E-state index contributed by atoms with van der Waals surface area (Å²) in [6.07, 6.45) is 0. The summed E-state index contributed by atoms with van der Waals surface area (Å²) in [5, 5.41) is 4.63. The van der Waals surface area contributed by atoms with Crippen molar-refractivity contribution in [3.05, 3.63) is 158 Å². The summed E-state index contributed by atoms with van der Waals surface area (Å²) in [7, 11) is 0. The lowest BCUT2D eigenvalue weighted by atomic mass is 9.95. The first-order valence-corrected chi connectivity index (χ1v) is 17.3. The van der Waals surface area contributed by atoms with E-state index in [-0.39, 0.29) is 0 Å². The van der Waals surface area contributed by atoms with Crippen LogP contribution in [0.5, 0.6) is 0 Å². The van der Waals surface area contributed by atoms with Gasteiger partial charge in [0.1, 0.15) is 5.52 Å². The Balaban J connectivity index is 1.12. The van der Waals surface area contributed by atoms with Gasteiger partial charge < -0.3 is 4.42 Å². The van der Waals surface area contributed by atoms with Crippen LogP contribution in [0.4, 0.5) is 0 Å². The van der Waals surface area contributed by atoms with E-state index in [1.54, 1.807) is 11.3 Å². The maximum atomic E-state index is 6.21. The van der Waals surface area contributed by atoms with Crippen LogP contribution in [0.1, 0.15) is 0 Å². The van der Waals surface area contributed by atoms with Crippen molar-refractivity contribution >= 4 is 53.4 Å². The molecule has 3 aromatic heterocycles. The highest BCUT2D eigenvalue weighted by molar-refractivity contribution is 7.25. The van der Waals surface area contributed by atoms with Crippen LogP contribution in [-0.4, -0.2) is 19.9 Å². The van der Waals surface area contributed by atoms with Gasteiger partial charge in [0.2, 0.25) is 5.89 Å². The van der Waals surface area contributed by atoms with Gasteiger partial charge in [-0.2, -0.15) is 0 Å². The van der Waals surface area contributed by atoms with Crippen molar-refractivity contribution in [2.45, 2.75) is 0 Å². The fourth-order valence-electron chi connectivity index (χ4n) is 6.69. The predicted molar refractivity (Wildman–Crippen MR) is 205 cm³/mol. The Bertz CT molecular complexity index is 2860. The molecule has 5 nitrogen and oxygen atoms in total. The Morgan fingerprint density at radius 3 is 1.78 bits per heavy atom. The van der Waals surface area contributed by atoms with Gasteiger partial charge in [0.25, 0.3) is 0 Å². The first kappa shape index (κ1) is 28.5. The molecule has 0 unspecified atom stereocenters. The molecule has 7 aromatic carbocycles. The lowest BCUT2D eigenvalue weighted by molar-refractivity contribution is 0.620. The van der Waals surface area contributed by atoms with E-state index in [2.05, 4.69) is 91.0 Å². The van der Waals surface area contributed by atoms with Crippen LogP contribution in [0.15, 0.2) is 162 Å². The van der Waals surface area contributed by atoms with Gasteiger partial charge in [-0.1, -0.05) is 115 Å². The number of thiophene rings is 1. The summed E-state index contributed by atoms with van der Waals surface area (Å²) in [5.41, 5.74) is 7.70. The van der Waals surface area contributed by atoms with E-state index in [4.69, 9.17) is 24.4 Å². The highest BCUT2D eigenvalue weighted by Gasteiger charge is 2.17. The number of hydrogen-bond acceptors (Lipinski definition) is 6. The van der Waals surface area contributed by atoms with E-state index < -0.39 is 0 Å². The minimum Gasteiger partial charge on any atom is -0.436 e. The SMILES string of the molecule is c1ccc(-c2nc(-c3cc(-c4ccccc4)c4ccccc4c3)nc(-c3ccc4c(c3)sc3cc5nc(-c6ccccc6)oc5cc34)n2)cc1. The molecule has 10 rings (SSSR count). The maximum Gasteiger partial charge on any atom is 0.227 e. The van der Waals surface area contributed by atoms with E-state index in [0.717, 1.165) is 70.0 Å². The van der Waals surface area contributed by atoms with Crippen molar-refractivity contribution in [2.24, 2.45) is 0 Å². The molecule has 0 aliphatic heterocycles. The third kappa shape index (κ3) is 4.93. The minimum absolute atomic E-state index is 0.630. The van der Waals surface area contributed by atoms with Gasteiger partial charge in [0.05, 0.1) is 0 Å². The van der Waals surface area contributed by atoms with Crippen LogP contribution in [0, 0.1) is 0 Å². The molecule has 0 aliphatic rings. The topological polar surface area (TPSA) is 64.7 Å². The van der Waals surface area contributed by atoms with E-state index in [1.165, 1.54) is 5.39 Å². The average molecular weight is 659 g/mol. The molecule has 0 saturated heterocycles. The van der Waals surface area contributed by atoms with Gasteiger partial charge in [-0.25, -0.2) is 19.9 Å². The molecule has 10 aromatic rings. The van der Waals surface area contributed by atoms with Gasteiger partial charge in [-0.15, -0.1) is 11.3 Å². The zero-order valence-electron chi connectivity index (χ0n) is 26.6. The zero-order chi connectivity index (χ0) is 33.0. The summed E-state index contributed by atoms with van der Waals surface area (Å²) >= 11 is 1.74. The van der Waals surface area contributed by atoms with Gasteiger partial charge in [-0.3, -0.25) is 0 Å². The Morgan fingerprint density at radius 1 is 0.400 bits per heavy atom. The van der Waals surface area contributed by atoms with Crippen molar-refractivity contribution in [3.63, 3.8) is 0 Å². The molecule has 234 valence electrons. The maximum absolute atomic E-state index is 6.21. The predicted octanol–water partition coefficient (Wildman–Crippen LogP) is 11.9. The number of rotatable bonds is 5. The molecule has 6 heteroatoms. The number of benzene rings is 7. The molecular formula is C44H26N4OS. The molecule has 0 radical (unpaired) electrons. The summed E-state index contributed by atoms with van der Waals surface area (Å²) < 4.78 is 8.52.